The molecule has 2 heterocycles. The summed E-state index contributed by atoms with van der Waals surface area (Å²) in [5, 5.41) is 0. The fraction of sp³-hybridized carbons (Fsp3) is 0.385. The molecule has 2 aliphatic rings. The van der Waals surface area contributed by atoms with Crippen molar-refractivity contribution in [3.8, 4) is 0 Å². The normalized spacial score (nSPS) is 25.5. The summed E-state index contributed by atoms with van der Waals surface area (Å²) in [7, 11) is 0. The number of alkyl halides is 1. The van der Waals surface area contributed by atoms with Gasteiger partial charge in [0.15, 0.2) is 5.78 Å². The van der Waals surface area contributed by atoms with Crippen LogP contribution in [0, 0.1) is 0 Å². The van der Waals surface area contributed by atoms with Gasteiger partial charge in [-0.3, -0.25) is 9.79 Å². The van der Waals surface area contributed by atoms with Crippen LogP contribution in [0.5, 0.6) is 0 Å². The Balaban J connectivity index is 2.06. The minimum Gasteiger partial charge on any atom is -0.293 e. The molecule has 0 radical (unpaired) electrons. The molecule has 1 saturated heterocycles. The smallest absolute Gasteiger partial charge is 0.177 e. The van der Waals surface area contributed by atoms with Gasteiger partial charge in [0.25, 0.3) is 0 Å². The number of Topliss-reactive ketones (excluding diaryl/α,β-unsaturated/α-hetero) is 1. The first-order valence-electron chi connectivity index (χ1n) is 5.68. The minimum atomic E-state index is -0.0143. The standard InChI is InChI=1S/C13H12ClNOS/c14-7-12(16)9-2-3-11-10(6-9)13(8-15-11)4-1-5-17-13/h2-3,6,8H,1,4-5,7H2. The predicted octanol–water partition coefficient (Wildman–Crippen LogP) is 3.55. The van der Waals surface area contributed by atoms with E-state index in [2.05, 4.69) is 4.99 Å². The molecule has 0 aliphatic carbocycles. The molecule has 0 N–H and O–H groups in total. The molecule has 2 aliphatic heterocycles. The molecule has 1 unspecified atom stereocenters. The molecule has 0 saturated carbocycles. The first kappa shape index (κ1) is 11.3. The van der Waals surface area contributed by atoms with Crippen LogP contribution in [0.25, 0.3) is 0 Å². The number of fused-ring (bicyclic) bond motifs is 2. The highest BCUT2D eigenvalue weighted by molar-refractivity contribution is 8.01. The van der Waals surface area contributed by atoms with Crippen molar-refractivity contribution in [1.82, 2.24) is 0 Å². The second-order valence-electron chi connectivity index (χ2n) is 4.39. The Morgan fingerprint density at radius 2 is 2.41 bits per heavy atom. The summed E-state index contributed by atoms with van der Waals surface area (Å²) in [6.45, 7) is 0. The highest BCUT2D eigenvalue weighted by Crippen LogP contribution is 2.51. The Morgan fingerprint density at radius 1 is 1.53 bits per heavy atom. The summed E-state index contributed by atoms with van der Waals surface area (Å²) in [6.07, 6.45) is 4.38. The largest absolute Gasteiger partial charge is 0.293 e. The summed E-state index contributed by atoms with van der Waals surface area (Å²) in [4.78, 5) is 16.1. The number of aliphatic imine (C=N–C) groups is 1. The van der Waals surface area contributed by atoms with Gasteiger partial charge in [-0.05, 0) is 42.4 Å². The van der Waals surface area contributed by atoms with Gasteiger partial charge in [0.1, 0.15) is 0 Å². The Morgan fingerprint density at radius 3 is 3.12 bits per heavy atom. The number of ketones is 1. The van der Waals surface area contributed by atoms with Crippen LogP contribution in [-0.2, 0) is 4.75 Å². The molecule has 1 aromatic carbocycles. The lowest BCUT2D eigenvalue weighted by atomic mass is 9.93. The molecule has 1 atom stereocenters. The van der Waals surface area contributed by atoms with Crippen LogP contribution >= 0.6 is 23.4 Å². The van der Waals surface area contributed by atoms with Gasteiger partial charge in [-0.25, -0.2) is 0 Å². The fourth-order valence-corrected chi connectivity index (χ4v) is 4.00. The summed E-state index contributed by atoms with van der Waals surface area (Å²) in [6, 6.07) is 5.73. The van der Waals surface area contributed by atoms with Crippen LogP contribution in [0.1, 0.15) is 28.8 Å². The molecule has 17 heavy (non-hydrogen) atoms. The van der Waals surface area contributed by atoms with Crippen molar-refractivity contribution in [2.24, 2.45) is 4.99 Å². The van der Waals surface area contributed by atoms with Crippen molar-refractivity contribution in [3.05, 3.63) is 29.3 Å². The quantitative estimate of drug-likeness (QED) is 0.605. The SMILES string of the molecule is O=C(CCl)c1ccc2c(c1)C1(C=N2)CCCS1. The van der Waals surface area contributed by atoms with Crippen molar-refractivity contribution >= 4 is 41.0 Å². The maximum atomic E-state index is 11.6. The number of hydrogen-bond donors (Lipinski definition) is 0. The Bertz CT molecular complexity index is 506. The lowest BCUT2D eigenvalue weighted by Crippen LogP contribution is -2.17. The molecule has 4 heteroatoms. The highest BCUT2D eigenvalue weighted by atomic mass is 35.5. The fourth-order valence-electron chi connectivity index (χ4n) is 2.46. The van der Waals surface area contributed by atoms with E-state index in [0.717, 1.165) is 12.1 Å². The van der Waals surface area contributed by atoms with Gasteiger partial charge in [0.05, 0.1) is 16.3 Å². The molecule has 88 valence electrons. The maximum absolute atomic E-state index is 11.6. The van der Waals surface area contributed by atoms with Crippen molar-refractivity contribution in [3.63, 3.8) is 0 Å². The molecular formula is C13H12ClNOS. The van der Waals surface area contributed by atoms with Crippen molar-refractivity contribution < 1.29 is 4.79 Å². The van der Waals surface area contributed by atoms with Gasteiger partial charge in [-0.2, -0.15) is 0 Å². The van der Waals surface area contributed by atoms with Crippen LogP contribution in [0.4, 0.5) is 5.69 Å². The van der Waals surface area contributed by atoms with E-state index in [1.165, 1.54) is 17.7 Å². The van der Waals surface area contributed by atoms with Crippen LogP contribution in [-0.4, -0.2) is 23.6 Å². The average Bonchev–Trinajstić information content (AvgIpc) is 2.98. The average molecular weight is 266 g/mol. The van der Waals surface area contributed by atoms with Gasteiger partial charge < -0.3 is 0 Å². The lowest BCUT2D eigenvalue weighted by molar-refractivity contribution is 0.102. The summed E-state index contributed by atoms with van der Waals surface area (Å²) < 4.78 is 0.0257. The third-order valence-corrected chi connectivity index (χ3v) is 5.14. The first-order chi connectivity index (χ1) is 8.25. The van der Waals surface area contributed by atoms with Crippen molar-refractivity contribution in [1.29, 1.82) is 0 Å². The van der Waals surface area contributed by atoms with Crippen LogP contribution in [0.15, 0.2) is 23.2 Å². The lowest BCUT2D eigenvalue weighted by Gasteiger charge is -2.20. The van der Waals surface area contributed by atoms with Gasteiger partial charge in [0, 0.05) is 11.8 Å². The Kier molecular flexibility index (Phi) is 2.75. The molecule has 1 fully saturated rings. The number of rotatable bonds is 2. The number of carbonyl (C=O) groups excluding carboxylic acids is 1. The van der Waals surface area contributed by atoms with Gasteiger partial charge in [0.2, 0.25) is 0 Å². The molecule has 0 amide bonds. The molecular weight excluding hydrogens is 254 g/mol. The Labute approximate surface area is 109 Å². The molecule has 0 bridgehead atoms. The molecule has 2 nitrogen and oxygen atoms in total. The number of carbonyl (C=O) groups is 1. The van der Waals surface area contributed by atoms with E-state index in [1.807, 2.05) is 36.2 Å². The number of hydrogen-bond acceptors (Lipinski definition) is 3. The zero-order valence-corrected chi connectivity index (χ0v) is 10.9. The molecule has 3 rings (SSSR count). The summed E-state index contributed by atoms with van der Waals surface area (Å²) >= 11 is 7.53. The molecule has 0 aromatic heterocycles. The monoisotopic (exact) mass is 265 g/mol. The van der Waals surface area contributed by atoms with E-state index in [0.29, 0.717) is 5.56 Å². The summed E-state index contributed by atoms with van der Waals surface area (Å²) in [5.74, 6) is 1.19. The van der Waals surface area contributed by atoms with Gasteiger partial charge >= 0.3 is 0 Å². The minimum absolute atomic E-state index is 0.0143. The molecule has 1 spiro atoms. The second kappa shape index (κ2) is 4.14. The third kappa shape index (κ3) is 1.72. The van der Waals surface area contributed by atoms with E-state index < -0.39 is 0 Å². The predicted molar refractivity (Wildman–Crippen MR) is 73.0 cm³/mol. The number of thioether (sulfide) groups is 1. The third-order valence-electron chi connectivity index (χ3n) is 3.36. The van der Waals surface area contributed by atoms with E-state index in [4.69, 9.17) is 11.6 Å². The van der Waals surface area contributed by atoms with E-state index in [9.17, 15) is 4.79 Å². The highest BCUT2D eigenvalue weighted by Gasteiger charge is 2.40. The van der Waals surface area contributed by atoms with Gasteiger partial charge in [-0.15, -0.1) is 23.4 Å². The number of nitrogens with zero attached hydrogens (tertiary/aromatic N) is 1. The zero-order chi connectivity index (χ0) is 11.9. The van der Waals surface area contributed by atoms with E-state index in [1.54, 1.807) is 0 Å². The second-order valence-corrected chi connectivity index (χ2v) is 6.08. The van der Waals surface area contributed by atoms with Crippen LogP contribution in [0.3, 0.4) is 0 Å². The molecule has 1 aromatic rings. The van der Waals surface area contributed by atoms with Crippen molar-refractivity contribution in [2.75, 3.05) is 11.6 Å². The van der Waals surface area contributed by atoms with Gasteiger partial charge in [-0.1, -0.05) is 0 Å². The first-order valence-corrected chi connectivity index (χ1v) is 7.20. The zero-order valence-electron chi connectivity index (χ0n) is 9.28. The summed E-state index contributed by atoms with van der Waals surface area (Å²) in [5.41, 5.74) is 2.90. The van der Waals surface area contributed by atoms with Crippen molar-refractivity contribution in [2.45, 2.75) is 17.6 Å². The number of benzene rings is 1. The maximum Gasteiger partial charge on any atom is 0.177 e. The topological polar surface area (TPSA) is 29.4 Å². The van der Waals surface area contributed by atoms with E-state index >= 15 is 0 Å². The Hall–Kier alpha value is -0.800. The van der Waals surface area contributed by atoms with Crippen LogP contribution < -0.4 is 0 Å². The number of halogens is 1. The van der Waals surface area contributed by atoms with Crippen LogP contribution in [0.2, 0.25) is 0 Å². The van der Waals surface area contributed by atoms with E-state index in [-0.39, 0.29) is 16.4 Å².